The van der Waals surface area contributed by atoms with Crippen molar-refractivity contribution in [2.24, 2.45) is 0 Å². The van der Waals surface area contributed by atoms with Gasteiger partial charge in [0.1, 0.15) is 11.4 Å². The molecule has 0 aliphatic heterocycles. The molecule has 12 heteroatoms. The lowest BCUT2D eigenvalue weighted by atomic mass is 10.1. The summed E-state index contributed by atoms with van der Waals surface area (Å²) in [6.07, 6.45) is 0.700. The highest BCUT2D eigenvalue weighted by Crippen LogP contribution is 2.28. The summed E-state index contributed by atoms with van der Waals surface area (Å²) < 4.78 is 59.4. The van der Waals surface area contributed by atoms with Gasteiger partial charge < -0.3 is 15.8 Å². The number of nitrogen functional groups attached to an aromatic ring is 1. The number of amides is 1. The summed E-state index contributed by atoms with van der Waals surface area (Å²) >= 11 is 0. The Morgan fingerprint density at radius 1 is 0.972 bits per heavy atom. The number of hydrogen-bond acceptors (Lipinski definition) is 8. The van der Waals surface area contributed by atoms with Gasteiger partial charge in [-0.15, -0.1) is 0 Å². The average Bonchev–Trinajstić information content (AvgIpc) is 2.80. The van der Waals surface area contributed by atoms with Gasteiger partial charge in [-0.05, 0) is 45.0 Å². The third kappa shape index (κ3) is 6.71. The first-order valence-corrected chi connectivity index (χ1v) is 14.3. The molecule has 0 spiro atoms. The second-order valence-electron chi connectivity index (χ2n) is 9.01. The quantitative estimate of drug-likeness (QED) is 0.426. The van der Waals surface area contributed by atoms with Gasteiger partial charge in [-0.25, -0.2) is 26.6 Å². The summed E-state index contributed by atoms with van der Waals surface area (Å²) in [5.74, 6) is -0.272. The number of hydrogen-bond donors (Lipinski definition) is 2. The third-order valence-corrected chi connectivity index (χ3v) is 8.82. The SMILES string of the molecule is CC(C)(C)OC(=O)NCCN(CCS(=O)(=O)c1ccccc1)S(=O)(=O)c1cccc2c(N)nccc12. The molecule has 0 saturated heterocycles. The predicted octanol–water partition coefficient (Wildman–Crippen LogP) is 2.81. The molecule has 0 aliphatic carbocycles. The minimum Gasteiger partial charge on any atom is -0.444 e. The summed E-state index contributed by atoms with van der Waals surface area (Å²) in [5, 5.41) is 3.34. The van der Waals surface area contributed by atoms with Crippen LogP contribution in [0.4, 0.5) is 10.6 Å². The Hall–Kier alpha value is -3.22. The number of ether oxygens (including phenoxy) is 1. The van der Waals surface area contributed by atoms with Crippen LogP contribution in [0.15, 0.2) is 70.6 Å². The molecule has 0 bridgehead atoms. The molecule has 0 radical (unpaired) electrons. The van der Waals surface area contributed by atoms with E-state index in [1.165, 1.54) is 30.5 Å². The molecule has 2 aromatic carbocycles. The van der Waals surface area contributed by atoms with E-state index in [0.29, 0.717) is 10.8 Å². The first-order chi connectivity index (χ1) is 16.8. The van der Waals surface area contributed by atoms with Crippen LogP contribution in [0.25, 0.3) is 10.8 Å². The van der Waals surface area contributed by atoms with Gasteiger partial charge in [-0.3, -0.25) is 0 Å². The molecule has 3 aromatic rings. The van der Waals surface area contributed by atoms with Crippen molar-refractivity contribution >= 4 is 42.5 Å². The van der Waals surface area contributed by atoms with E-state index in [4.69, 9.17) is 10.5 Å². The highest BCUT2D eigenvalue weighted by atomic mass is 32.2. The van der Waals surface area contributed by atoms with E-state index in [1.807, 2.05) is 0 Å². The number of sulfone groups is 1. The molecule has 1 aromatic heterocycles. The monoisotopic (exact) mass is 534 g/mol. The number of alkyl carbamates (subject to hydrolysis) is 1. The number of carbonyl (C=O) groups excluding carboxylic acids is 1. The van der Waals surface area contributed by atoms with Crippen molar-refractivity contribution in [1.29, 1.82) is 0 Å². The number of aromatic nitrogens is 1. The van der Waals surface area contributed by atoms with Crippen molar-refractivity contribution in [1.82, 2.24) is 14.6 Å². The zero-order chi connectivity index (χ0) is 26.6. The smallest absolute Gasteiger partial charge is 0.407 e. The number of benzene rings is 2. The Balaban J connectivity index is 1.90. The molecule has 0 atom stereocenters. The van der Waals surface area contributed by atoms with Crippen LogP contribution in [-0.2, 0) is 24.6 Å². The molecule has 0 aliphatic rings. The number of rotatable bonds is 9. The normalized spacial score (nSPS) is 12.6. The minimum absolute atomic E-state index is 0.0384. The topological polar surface area (TPSA) is 149 Å². The summed E-state index contributed by atoms with van der Waals surface area (Å²) in [6, 6.07) is 14.0. The Labute approximate surface area is 211 Å². The van der Waals surface area contributed by atoms with E-state index in [-0.39, 0.29) is 35.2 Å². The fourth-order valence-corrected chi connectivity index (χ4v) is 6.51. The van der Waals surface area contributed by atoms with E-state index < -0.39 is 37.3 Å². The summed E-state index contributed by atoms with van der Waals surface area (Å²) in [4.78, 5) is 16.1. The third-order valence-electron chi connectivity index (χ3n) is 5.16. The Bertz CT molecular complexity index is 1440. The molecule has 36 heavy (non-hydrogen) atoms. The maximum atomic E-state index is 13.7. The predicted molar refractivity (Wildman–Crippen MR) is 138 cm³/mol. The van der Waals surface area contributed by atoms with Gasteiger partial charge in [0.05, 0.1) is 15.5 Å². The van der Waals surface area contributed by atoms with Crippen molar-refractivity contribution in [3.05, 3.63) is 60.8 Å². The number of carbonyl (C=O) groups is 1. The maximum absolute atomic E-state index is 13.7. The van der Waals surface area contributed by atoms with Gasteiger partial charge in [0.2, 0.25) is 10.0 Å². The van der Waals surface area contributed by atoms with Crippen LogP contribution in [0.3, 0.4) is 0 Å². The van der Waals surface area contributed by atoms with Gasteiger partial charge in [-0.2, -0.15) is 4.31 Å². The van der Waals surface area contributed by atoms with E-state index in [2.05, 4.69) is 10.3 Å². The van der Waals surface area contributed by atoms with Crippen LogP contribution < -0.4 is 11.1 Å². The van der Waals surface area contributed by atoms with Gasteiger partial charge >= 0.3 is 6.09 Å². The van der Waals surface area contributed by atoms with E-state index in [0.717, 1.165) is 4.31 Å². The highest BCUT2D eigenvalue weighted by Gasteiger charge is 2.29. The summed E-state index contributed by atoms with van der Waals surface area (Å²) in [5.41, 5.74) is 5.20. The Kier molecular flexibility index (Phi) is 8.22. The molecule has 3 rings (SSSR count). The van der Waals surface area contributed by atoms with Crippen LogP contribution in [0, 0.1) is 0 Å². The van der Waals surface area contributed by atoms with Gasteiger partial charge in [0.15, 0.2) is 9.84 Å². The number of anilines is 1. The van der Waals surface area contributed by atoms with Crippen molar-refractivity contribution in [3.63, 3.8) is 0 Å². The van der Waals surface area contributed by atoms with Crippen molar-refractivity contribution in [3.8, 4) is 0 Å². The van der Waals surface area contributed by atoms with Crippen LogP contribution in [0.2, 0.25) is 0 Å². The van der Waals surface area contributed by atoms with E-state index >= 15 is 0 Å². The fourth-order valence-electron chi connectivity index (χ4n) is 3.48. The molecular formula is C24H30N4O6S2. The highest BCUT2D eigenvalue weighted by molar-refractivity contribution is 7.91. The number of pyridine rings is 1. The first-order valence-electron chi connectivity index (χ1n) is 11.2. The van der Waals surface area contributed by atoms with Gasteiger partial charge in [0.25, 0.3) is 0 Å². The lowest BCUT2D eigenvalue weighted by Gasteiger charge is -2.24. The van der Waals surface area contributed by atoms with Crippen LogP contribution in [0.5, 0.6) is 0 Å². The lowest BCUT2D eigenvalue weighted by Crippen LogP contribution is -2.42. The Morgan fingerprint density at radius 2 is 1.67 bits per heavy atom. The van der Waals surface area contributed by atoms with E-state index in [1.54, 1.807) is 51.1 Å². The second kappa shape index (κ2) is 10.8. The number of nitrogens with two attached hydrogens (primary N) is 1. The van der Waals surface area contributed by atoms with Crippen LogP contribution in [0.1, 0.15) is 20.8 Å². The summed E-state index contributed by atoms with van der Waals surface area (Å²) in [7, 11) is -7.95. The van der Waals surface area contributed by atoms with E-state index in [9.17, 15) is 21.6 Å². The summed E-state index contributed by atoms with van der Waals surface area (Å²) in [6.45, 7) is 4.53. The first kappa shape index (κ1) is 27.4. The molecule has 1 heterocycles. The van der Waals surface area contributed by atoms with Crippen molar-refractivity contribution in [2.45, 2.75) is 36.2 Å². The molecular weight excluding hydrogens is 504 g/mol. The molecule has 0 saturated carbocycles. The number of nitrogens with one attached hydrogen (secondary N) is 1. The second-order valence-corrected chi connectivity index (χ2v) is 13.0. The number of fused-ring (bicyclic) bond motifs is 1. The van der Waals surface area contributed by atoms with Crippen molar-refractivity contribution < 1.29 is 26.4 Å². The molecule has 1 amide bonds. The van der Waals surface area contributed by atoms with Crippen LogP contribution in [-0.4, -0.2) is 63.2 Å². The molecule has 0 fully saturated rings. The molecule has 3 N–H and O–H groups in total. The molecule has 194 valence electrons. The number of nitrogens with zero attached hydrogens (tertiary/aromatic N) is 2. The van der Waals surface area contributed by atoms with Gasteiger partial charge in [-0.1, -0.05) is 30.3 Å². The van der Waals surface area contributed by atoms with Gasteiger partial charge in [0, 0.05) is 36.6 Å². The largest absolute Gasteiger partial charge is 0.444 e. The standard InChI is InChI=1S/C24H30N4O6S2/c1-24(2,3)34-23(29)27-14-15-28(16-17-35(30,31)18-8-5-4-6-9-18)36(32,33)21-11-7-10-20-19(21)12-13-26-22(20)25/h4-13H,14-17H2,1-3H3,(H2,25,26)(H,27,29). The average molecular weight is 535 g/mol. The zero-order valence-electron chi connectivity index (χ0n) is 20.3. The molecule has 10 nitrogen and oxygen atoms in total. The lowest BCUT2D eigenvalue weighted by molar-refractivity contribution is 0.0525. The number of sulfonamides is 1. The molecule has 0 unspecified atom stereocenters. The Morgan fingerprint density at radius 3 is 2.33 bits per heavy atom. The van der Waals surface area contributed by atoms with Crippen molar-refractivity contribution in [2.75, 3.05) is 31.1 Å². The zero-order valence-corrected chi connectivity index (χ0v) is 22.0. The fraction of sp³-hybridized carbons (Fsp3) is 0.333. The minimum atomic E-state index is -4.19. The van der Waals surface area contributed by atoms with Crippen LogP contribution >= 0.6 is 0 Å². The maximum Gasteiger partial charge on any atom is 0.407 e.